The van der Waals surface area contributed by atoms with Gasteiger partial charge in [0.15, 0.2) is 6.61 Å². The quantitative estimate of drug-likeness (QED) is 0.287. The molecule has 6 nitrogen and oxygen atoms in total. The van der Waals surface area contributed by atoms with Crippen LogP contribution in [0.2, 0.25) is 5.02 Å². The molecule has 1 N–H and O–H groups in total. The molecule has 0 unspecified atom stereocenters. The zero-order valence-electron chi connectivity index (χ0n) is 19.2. The van der Waals surface area contributed by atoms with E-state index in [0.29, 0.717) is 23.9 Å². The summed E-state index contributed by atoms with van der Waals surface area (Å²) >= 11 is 5.88. The van der Waals surface area contributed by atoms with Crippen molar-refractivity contribution < 1.29 is 14.3 Å². The Morgan fingerprint density at radius 3 is 2.56 bits per heavy atom. The number of unbranched alkanes of at least 4 members (excludes halogenated alkanes) is 1. The van der Waals surface area contributed by atoms with Crippen LogP contribution in [0.25, 0.3) is 11.0 Å². The van der Waals surface area contributed by atoms with Crippen LogP contribution in [-0.2, 0) is 17.9 Å². The second-order valence-electron chi connectivity index (χ2n) is 8.01. The molecule has 0 spiro atoms. The topological polar surface area (TPSA) is 65.4 Å². The first-order chi connectivity index (χ1) is 16.6. The van der Waals surface area contributed by atoms with Crippen molar-refractivity contribution in [3.63, 3.8) is 0 Å². The summed E-state index contributed by atoms with van der Waals surface area (Å²) < 4.78 is 13.6. The summed E-state index contributed by atoms with van der Waals surface area (Å²) in [4.78, 5) is 17.1. The van der Waals surface area contributed by atoms with Crippen molar-refractivity contribution in [3.8, 4) is 11.5 Å². The van der Waals surface area contributed by atoms with E-state index in [1.807, 2.05) is 49.4 Å². The molecular weight excluding hydrogens is 450 g/mol. The monoisotopic (exact) mass is 477 g/mol. The number of carbonyl (C=O) groups is 1. The molecule has 0 atom stereocenters. The van der Waals surface area contributed by atoms with Crippen LogP contribution in [-0.4, -0.2) is 28.7 Å². The van der Waals surface area contributed by atoms with Crippen LogP contribution >= 0.6 is 11.6 Å². The summed E-state index contributed by atoms with van der Waals surface area (Å²) in [7, 11) is 0. The molecule has 7 heteroatoms. The van der Waals surface area contributed by atoms with Gasteiger partial charge in [0.05, 0.1) is 24.2 Å². The third-order valence-electron chi connectivity index (χ3n) is 5.49. The van der Waals surface area contributed by atoms with Crippen molar-refractivity contribution in [3.05, 3.63) is 89.2 Å². The van der Waals surface area contributed by atoms with Crippen molar-refractivity contribution in [2.75, 3.05) is 13.2 Å². The van der Waals surface area contributed by atoms with Crippen molar-refractivity contribution >= 4 is 28.5 Å². The first-order valence-electron chi connectivity index (χ1n) is 11.4. The number of carbonyl (C=O) groups excluding carboxylic acids is 1. The van der Waals surface area contributed by atoms with Gasteiger partial charge in [0.25, 0.3) is 5.91 Å². The maximum absolute atomic E-state index is 12.3. The van der Waals surface area contributed by atoms with Crippen molar-refractivity contribution in [1.82, 2.24) is 14.9 Å². The summed E-state index contributed by atoms with van der Waals surface area (Å²) in [6, 6.07) is 23.0. The molecule has 3 aromatic carbocycles. The molecule has 0 aliphatic rings. The van der Waals surface area contributed by atoms with E-state index in [0.717, 1.165) is 47.6 Å². The van der Waals surface area contributed by atoms with E-state index in [9.17, 15) is 4.79 Å². The Bertz CT molecular complexity index is 1240. The van der Waals surface area contributed by atoms with Crippen LogP contribution in [0.4, 0.5) is 0 Å². The highest BCUT2D eigenvalue weighted by molar-refractivity contribution is 6.30. The average molecular weight is 478 g/mol. The Balaban J connectivity index is 1.31. The van der Waals surface area contributed by atoms with Gasteiger partial charge in [-0.05, 0) is 67.8 Å². The molecule has 1 heterocycles. The number of ether oxygens (including phenoxy) is 2. The molecule has 4 rings (SSSR count). The number of para-hydroxylation sites is 3. The molecule has 0 fully saturated rings. The van der Waals surface area contributed by atoms with Gasteiger partial charge >= 0.3 is 0 Å². The van der Waals surface area contributed by atoms with E-state index in [-0.39, 0.29) is 12.5 Å². The van der Waals surface area contributed by atoms with Crippen molar-refractivity contribution in [2.24, 2.45) is 0 Å². The van der Waals surface area contributed by atoms with Crippen LogP contribution in [0.15, 0.2) is 72.8 Å². The van der Waals surface area contributed by atoms with Gasteiger partial charge in [0, 0.05) is 11.6 Å². The molecule has 0 saturated carbocycles. The number of aryl methyl sites for hydroxylation is 2. The van der Waals surface area contributed by atoms with Crippen LogP contribution in [0.1, 0.15) is 24.2 Å². The molecule has 0 aliphatic heterocycles. The second kappa shape index (κ2) is 11.6. The van der Waals surface area contributed by atoms with Gasteiger partial charge in [-0.2, -0.15) is 0 Å². The van der Waals surface area contributed by atoms with Gasteiger partial charge in [-0.25, -0.2) is 4.98 Å². The summed E-state index contributed by atoms with van der Waals surface area (Å²) in [6.45, 7) is 3.76. The number of nitrogens with zero attached hydrogens (tertiary/aromatic N) is 2. The Morgan fingerprint density at radius 1 is 0.971 bits per heavy atom. The number of nitrogens with one attached hydrogen (secondary N) is 1. The van der Waals surface area contributed by atoms with E-state index in [1.54, 1.807) is 24.3 Å². The van der Waals surface area contributed by atoms with Gasteiger partial charge < -0.3 is 19.4 Å². The van der Waals surface area contributed by atoms with E-state index in [4.69, 9.17) is 26.1 Å². The summed E-state index contributed by atoms with van der Waals surface area (Å²) in [5.41, 5.74) is 3.12. The zero-order chi connectivity index (χ0) is 23.8. The molecular formula is C27H28ClN3O3. The second-order valence-corrected chi connectivity index (χ2v) is 8.45. The Kier molecular flexibility index (Phi) is 8.04. The molecule has 176 valence electrons. The predicted molar refractivity (Wildman–Crippen MR) is 134 cm³/mol. The Hall–Kier alpha value is -3.51. The average Bonchev–Trinajstić information content (AvgIpc) is 3.20. The fraction of sp³-hybridized carbons (Fsp3) is 0.259. The largest absolute Gasteiger partial charge is 0.493 e. The lowest BCUT2D eigenvalue weighted by Crippen LogP contribution is -2.29. The fourth-order valence-corrected chi connectivity index (χ4v) is 3.82. The van der Waals surface area contributed by atoms with E-state index in [1.165, 1.54) is 0 Å². The van der Waals surface area contributed by atoms with Gasteiger partial charge in [0.2, 0.25) is 0 Å². The highest BCUT2D eigenvalue weighted by atomic mass is 35.5. The standard InChI is InChI=1S/C27H28ClN3O3/c1-20-8-2-5-11-25(20)33-17-7-6-16-31-24-10-4-3-9-23(24)30-26(31)18-29-27(32)19-34-22-14-12-21(28)13-15-22/h2-5,8-15H,6-7,16-19H2,1H3,(H,29,32). The SMILES string of the molecule is Cc1ccccc1OCCCCn1c(CNC(=O)COc2ccc(Cl)cc2)nc2ccccc21. The number of halogens is 1. The molecule has 1 amide bonds. The van der Waals surface area contributed by atoms with Crippen LogP contribution in [0.3, 0.4) is 0 Å². The number of fused-ring (bicyclic) bond motifs is 1. The fourth-order valence-electron chi connectivity index (χ4n) is 3.69. The Labute approximate surface area is 204 Å². The Morgan fingerprint density at radius 2 is 1.74 bits per heavy atom. The number of aromatic nitrogens is 2. The number of imidazole rings is 1. The summed E-state index contributed by atoms with van der Waals surface area (Å²) in [5, 5.41) is 3.54. The highest BCUT2D eigenvalue weighted by Gasteiger charge is 2.12. The van der Waals surface area contributed by atoms with E-state index >= 15 is 0 Å². The lowest BCUT2D eigenvalue weighted by molar-refractivity contribution is -0.123. The van der Waals surface area contributed by atoms with Gasteiger partial charge in [-0.1, -0.05) is 41.9 Å². The number of hydrogen-bond donors (Lipinski definition) is 1. The maximum atomic E-state index is 12.3. The third kappa shape index (κ3) is 6.29. The first kappa shape index (κ1) is 23.6. The molecule has 0 bridgehead atoms. The number of rotatable bonds is 11. The number of benzene rings is 3. The minimum absolute atomic E-state index is 0.0713. The number of amides is 1. The van der Waals surface area contributed by atoms with Crippen LogP contribution in [0.5, 0.6) is 11.5 Å². The number of hydrogen-bond acceptors (Lipinski definition) is 4. The smallest absolute Gasteiger partial charge is 0.258 e. The minimum Gasteiger partial charge on any atom is -0.493 e. The van der Waals surface area contributed by atoms with Gasteiger partial charge in [-0.15, -0.1) is 0 Å². The lowest BCUT2D eigenvalue weighted by Gasteiger charge is -2.12. The van der Waals surface area contributed by atoms with Crippen LogP contribution < -0.4 is 14.8 Å². The predicted octanol–water partition coefficient (Wildman–Crippen LogP) is 5.55. The molecule has 0 saturated heterocycles. The third-order valence-corrected chi connectivity index (χ3v) is 5.74. The first-order valence-corrected chi connectivity index (χ1v) is 11.8. The van der Waals surface area contributed by atoms with Crippen LogP contribution in [0, 0.1) is 6.92 Å². The molecule has 0 aliphatic carbocycles. The molecule has 34 heavy (non-hydrogen) atoms. The lowest BCUT2D eigenvalue weighted by atomic mass is 10.2. The van der Waals surface area contributed by atoms with Gasteiger partial charge in [-0.3, -0.25) is 4.79 Å². The summed E-state index contributed by atoms with van der Waals surface area (Å²) in [6.07, 6.45) is 1.86. The highest BCUT2D eigenvalue weighted by Crippen LogP contribution is 2.19. The normalized spacial score (nSPS) is 10.9. The molecule has 4 aromatic rings. The molecule has 0 radical (unpaired) electrons. The van der Waals surface area contributed by atoms with E-state index in [2.05, 4.69) is 16.0 Å². The maximum Gasteiger partial charge on any atom is 0.258 e. The van der Waals surface area contributed by atoms with E-state index < -0.39 is 0 Å². The summed E-state index contributed by atoms with van der Waals surface area (Å²) in [5.74, 6) is 2.14. The van der Waals surface area contributed by atoms with Crippen molar-refractivity contribution in [2.45, 2.75) is 32.9 Å². The van der Waals surface area contributed by atoms with Crippen molar-refractivity contribution in [1.29, 1.82) is 0 Å². The van der Waals surface area contributed by atoms with Gasteiger partial charge in [0.1, 0.15) is 17.3 Å². The molecule has 1 aromatic heterocycles. The zero-order valence-corrected chi connectivity index (χ0v) is 19.9. The minimum atomic E-state index is -0.208.